The van der Waals surface area contributed by atoms with Crippen LogP contribution in [-0.2, 0) is 19.4 Å². The van der Waals surface area contributed by atoms with E-state index in [9.17, 15) is 13.2 Å². The van der Waals surface area contributed by atoms with Gasteiger partial charge >= 0.3 is 5.97 Å². The molecule has 1 fully saturated rings. The molecule has 1 saturated heterocycles. The van der Waals surface area contributed by atoms with Gasteiger partial charge in [-0.3, -0.25) is 9.69 Å². The Kier molecular flexibility index (Phi) is 6.45. The van der Waals surface area contributed by atoms with Crippen LogP contribution in [0.15, 0.2) is 0 Å². The summed E-state index contributed by atoms with van der Waals surface area (Å²) in [5.41, 5.74) is 0. The van der Waals surface area contributed by atoms with Crippen molar-refractivity contribution in [3.05, 3.63) is 0 Å². The molecule has 0 spiro atoms. The van der Waals surface area contributed by atoms with Crippen LogP contribution in [0.5, 0.6) is 0 Å². The van der Waals surface area contributed by atoms with E-state index < -0.39 is 15.2 Å². The van der Waals surface area contributed by atoms with Crippen LogP contribution in [-0.4, -0.2) is 61.6 Å². The quantitative estimate of drug-likeness (QED) is 0.674. The number of rotatable bonds is 6. The minimum atomic E-state index is -3.08. The molecule has 0 aromatic carbocycles. The molecule has 0 radical (unpaired) electrons. The van der Waals surface area contributed by atoms with E-state index in [2.05, 4.69) is 0 Å². The number of hydrogen-bond acceptors (Lipinski definition) is 6. The normalized spacial score (nSPS) is 21.8. The monoisotopic (exact) mass is 295 g/mol. The fourth-order valence-corrected chi connectivity index (χ4v) is 4.97. The Labute approximate surface area is 113 Å². The van der Waals surface area contributed by atoms with Crippen LogP contribution in [0.4, 0.5) is 0 Å². The molecule has 106 valence electrons. The first-order valence-corrected chi connectivity index (χ1v) is 9.07. The van der Waals surface area contributed by atoms with Gasteiger partial charge in [-0.25, -0.2) is 8.42 Å². The topological polar surface area (TPSA) is 63.7 Å². The van der Waals surface area contributed by atoms with Crippen molar-refractivity contribution in [1.82, 2.24) is 4.90 Å². The number of esters is 1. The number of hydrogen-bond donors (Lipinski definition) is 0. The first-order chi connectivity index (χ1) is 8.51. The van der Waals surface area contributed by atoms with E-state index in [4.69, 9.17) is 4.74 Å². The second kappa shape index (κ2) is 7.35. The summed E-state index contributed by atoms with van der Waals surface area (Å²) in [4.78, 5) is 13.2. The molecule has 0 aliphatic carbocycles. The first-order valence-electron chi connectivity index (χ1n) is 6.20. The van der Waals surface area contributed by atoms with Crippen molar-refractivity contribution in [2.24, 2.45) is 0 Å². The lowest BCUT2D eigenvalue weighted by atomic mass is 10.3. The van der Waals surface area contributed by atoms with Gasteiger partial charge in [-0.2, -0.15) is 11.8 Å². The van der Waals surface area contributed by atoms with Gasteiger partial charge < -0.3 is 4.74 Å². The molecule has 5 nitrogen and oxygen atoms in total. The van der Waals surface area contributed by atoms with Crippen molar-refractivity contribution < 1.29 is 17.9 Å². The lowest BCUT2D eigenvalue weighted by Crippen LogP contribution is -2.48. The lowest BCUT2D eigenvalue weighted by Gasteiger charge is -2.34. The van der Waals surface area contributed by atoms with Crippen LogP contribution in [0.25, 0.3) is 0 Å². The van der Waals surface area contributed by atoms with Gasteiger partial charge in [0.15, 0.2) is 9.84 Å². The average Bonchev–Trinajstić information content (AvgIpc) is 2.37. The SMILES string of the molecule is CCOC(=O)CCN1CCSCC1S(=O)(=O)CC. The maximum Gasteiger partial charge on any atom is 0.307 e. The Balaban J connectivity index is 2.58. The summed E-state index contributed by atoms with van der Waals surface area (Å²) in [7, 11) is -3.08. The molecule has 1 aliphatic rings. The van der Waals surface area contributed by atoms with Crippen LogP contribution in [0, 0.1) is 0 Å². The zero-order chi connectivity index (χ0) is 13.6. The van der Waals surface area contributed by atoms with Gasteiger partial charge in [-0.15, -0.1) is 0 Å². The molecule has 18 heavy (non-hydrogen) atoms. The lowest BCUT2D eigenvalue weighted by molar-refractivity contribution is -0.143. The Hall–Kier alpha value is -0.270. The molecule has 0 amide bonds. The first kappa shape index (κ1) is 15.8. The summed E-state index contributed by atoms with van der Waals surface area (Å²) in [6.45, 7) is 4.97. The van der Waals surface area contributed by atoms with E-state index in [1.807, 2.05) is 4.90 Å². The number of sulfone groups is 1. The van der Waals surface area contributed by atoms with Crippen molar-refractivity contribution >= 4 is 27.6 Å². The van der Waals surface area contributed by atoms with E-state index in [-0.39, 0.29) is 18.1 Å². The average molecular weight is 295 g/mol. The summed E-state index contributed by atoms with van der Waals surface area (Å²) in [6, 6.07) is 0. The minimum Gasteiger partial charge on any atom is -0.466 e. The van der Waals surface area contributed by atoms with Crippen molar-refractivity contribution in [3.8, 4) is 0 Å². The van der Waals surface area contributed by atoms with Gasteiger partial charge in [0.1, 0.15) is 5.37 Å². The summed E-state index contributed by atoms with van der Waals surface area (Å²) in [6.07, 6.45) is 0.258. The molecule has 1 atom stereocenters. The van der Waals surface area contributed by atoms with E-state index in [0.717, 1.165) is 5.75 Å². The molecular weight excluding hydrogens is 274 g/mol. The summed E-state index contributed by atoms with van der Waals surface area (Å²) in [5, 5.41) is -0.448. The molecule has 0 saturated carbocycles. The zero-order valence-corrected chi connectivity index (χ0v) is 12.6. The van der Waals surface area contributed by atoms with Crippen molar-refractivity contribution in [3.63, 3.8) is 0 Å². The number of carbonyl (C=O) groups is 1. The predicted octanol–water partition coefficient (Wildman–Crippen LogP) is 0.749. The number of ether oxygens (including phenoxy) is 1. The van der Waals surface area contributed by atoms with Crippen LogP contribution in [0.3, 0.4) is 0 Å². The molecule has 0 bridgehead atoms. The standard InChI is InChI=1S/C11H21NO4S2/c1-3-16-11(13)5-6-12-7-8-17-9-10(12)18(14,15)4-2/h10H,3-9H2,1-2H3. The van der Waals surface area contributed by atoms with E-state index in [1.165, 1.54) is 0 Å². The van der Waals surface area contributed by atoms with Crippen molar-refractivity contribution in [1.29, 1.82) is 0 Å². The minimum absolute atomic E-state index is 0.147. The maximum absolute atomic E-state index is 12.0. The molecule has 7 heteroatoms. The van der Waals surface area contributed by atoms with Gasteiger partial charge in [-0.05, 0) is 6.92 Å². The zero-order valence-electron chi connectivity index (χ0n) is 10.9. The molecule has 1 aliphatic heterocycles. The molecule has 1 rings (SSSR count). The Morgan fingerprint density at radius 3 is 2.78 bits per heavy atom. The van der Waals surface area contributed by atoms with E-state index >= 15 is 0 Å². The number of carbonyl (C=O) groups excluding carboxylic acids is 1. The molecule has 0 N–H and O–H groups in total. The predicted molar refractivity (Wildman–Crippen MR) is 73.4 cm³/mol. The van der Waals surface area contributed by atoms with Crippen molar-refractivity contribution in [2.45, 2.75) is 25.6 Å². The largest absolute Gasteiger partial charge is 0.466 e. The molecule has 0 aromatic heterocycles. The van der Waals surface area contributed by atoms with Gasteiger partial charge in [0.2, 0.25) is 0 Å². The fourth-order valence-electron chi connectivity index (χ4n) is 1.86. The molecule has 1 unspecified atom stereocenters. The Morgan fingerprint density at radius 1 is 1.44 bits per heavy atom. The molecular formula is C11H21NO4S2. The summed E-state index contributed by atoms with van der Waals surface area (Å²) < 4.78 is 28.8. The third-order valence-corrected chi connectivity index (χ3v) is 6.25. The molecule has 0 aromatic rings. The second-order valence-electron chi connectivity index (χ2n) is 4.07. The Morgan fingerprint density at radius 2 is 2.17 bits per heavy atom. The number of nitrogens with zero attached hydrogens (tertiary/aromatic N) is 1. The highest BCUT2D eigenvalue weighted by Gasteiger charge is 2.32. The third kappa shape index (κ3) is 4.44. The van der Waals surface area contributed by atoms with Gasteiger partial charge in [0, 0.05) is 30.3 Å². The highest BCUT2D eigenvalue weighted by molar-refractivity contribution is 8.01. The maximum atomic E-state index is 12.0. The van der Waals surface area contributed by atoms with Crippen LogP contribution in [0.1, 0.15) is 20.3 Å². The summed E-state index contributed by atoms with van der Waals surface area (Å²) in [5.74, 6) is 1.40. The summed E-state index contributed by atoms with van der Waals surface area (Å²) >= 11 is 1.66. The smallest absolute Gasteiger partial charge is 0.307 e. The van der Waals surface area contributed by atoms with E-state index in [1.54, 1.807) is 25.6 Å². The van der Waals surface area contributed by atoms with Crippen molar-refractivity contribution in [2.75, 3.05) is 37.0 Å². The van der Waals surface area contributed by atoms with Crippen LogP contribution < -0.4 is 0 Å². The molecule has 1 heterocycles. The van der Waals surface area contributed by atoms with Gasteiger partial charge in [0.25, 0.3) is 0 Å². The van der Waals surface area contributed by atoms with Gasteiger partial charge in [0.05, 0.1) is 13.0 Å². The second-order valence-corrected chi connectivity index (χ2v) is 7.67. The highest BCUT2D eigenvalue weighted by atomic mass is 32.2. The van der Waals surface area contributed by atoms with Crippen LogP contribution >= 0.6 is 11.8 Å². The van der Waals surface area contributed by atoms with Gasteiger partial charge in [-0.1, -0.05) is 6.92 Å². The third-order valence-electron chi connectivity index (χ3n) is 2.92. The van der Waals surface area contributed by atoms with Crippen LogP contribution in [0.2, 0.25) is 0 Å². The van der Waals surface area contributed by atoms with E-state index in [0.29, 0.717) is 25.4 Å². The Bertz CT molecular complexity index is 369. The highest BCUT2D eigenvalue weighted by Crippen LogP contribution is 2.21. The number of thioether (sulfide) groups is 1. The fraction of sp³-hybridized carbons (Fsp3) is 0.909.